The number of barbiturate groups is 1. The first-order chi connectivity index (χ1) is 9.00. The van der Waals surface area contributed by atoms with Crippen LogP contribution in [0.4, 0.5) is 4.79 Å². The highest BCUT2D eigenvalue weighted by Gasteiger charge is 2.42. The first-order valence-electron chi connectivity index (χ1n) is 6.78. The SMILES string of the molecule is CC(C)C1C(=O)NC(=O)N(CC2CCCCS2)C1=O. The highest BCUT2D eigenvalue weighted by molar-refractivity contribution is 7.99. The van der Waals surface area contributed by atoms with E-state index in [4.69, 9.17) is 0 Å². The van der Waals surface area contributed by atoms with E-state index in [1.54, 1.807) is 0 Å². The molecule has 0 aromatic heterocycles. The number of carbonyl (C=O) groups excluding carboxylic acids is 3. The van der Waals surface area contributed by atoms with Crippen molar-refractivity contribution >= 4 is 29.6 Å². The summed E-state index contributed by atoms with van der Waals surface area (Å²) in [5.74, 6) is -0.540. The van der Waals surface area contributed by atoms with E-state index >= 15 is 0 Å². The van der Waals surface area contributed by atoms with Crippen LogP contribution < -0.4 is 5.32 Å². The largest absolute Gasteiger partial charge is 0.330 e. The molecule has 0 aromatic carbocycles. The molecule has 0 aromatic rings. The van der Waals surface area contributed by atoms with Crippen molar-refractivity contribution in [2.24, 2.45) is 11.8 Å². The lowest BCUT2D eigenvalue weighted by molar-refractivity contribution is -0.144. The van der Waals surface area contributed by atoms with Crippen LogP contribution in [0, 0.1) is 11.8 Å². The Balaban J connectivity index is 2.07. The molecule has 2 saturated heterocycles. The molecule has 0 radical (unpaired) electrons. The Kier molecular flexibility index (Phi) is 4.50. The van der Waals surface area contributed by atoms with Gasteiger partial charge in [-0.05, 0) is 24.5 Å². The maximum atomic E-state index is 12.3. The van der Waals surface area contributed by atoms with Crippen molar-refractivity contribution in [2.75, 3.05) is 12.3 Å². The third-order valence-electron chi connectivity index (χ3n) is 3.62. The molecule has 1 N–H and O–H groups in total. The maximum Gasteiger partial charge on any atom is 0.330 e. The van der Waals surface area contributed by atoms with E-state index in [2.05, 4.69) is 5.32 Å². The third kappa shape index (κ3) is 3.11. The molecule has 0 aliphatic carbocycles. The normalized spacial score (nSPS) is 28.8. The molecule has 106 valence electrons. The second kappa shape index (κ2) is 5.94. The molecule has 19 heavy (non-hydrogen) atoms. The number of urea groups is 1. The second-order valence-electron chi connectivity index (χ2n) is 5.45. The van der Waals surface area contributed by atoms with E-state index in [-0.39, 0.29) is 11.8 Å². The van der Waals surface area contributed by atoms with Crippen molar-refractivity contribution in [3.63, 3.8) is 0 Å². The summed E-state index contributed by atoms with van der Waals surface area (Å²) in [5, 5.41) is 2.61. The fraction of sp³-hybridized carbons (Fsp3) is 0.769. The lowest BCUT2D eigenvalue weighted by Crippen LogP contribution is -2.60. The van der Waals surface area contributed by atoms with Gasteiger partial charge in [-0.2, -0.15) is 11.8 Å². The highest BCUT2D eigenvalue weighted by atomic mass is 32.2. The van der Waals surface area contributed by atoms with Gasteiger partial charge in [0, 0.05) is 11.8 Å². The number of carbonyl (C=O) groups is 3. The first kappa shape index (κ1) is 14.4. The predicted octanol–water partition coefficient (Wildman–Crippen LogP) is 1.62. The van der Waals surface area contributed by atoms with Gasteiger partial charge in [-0.3, -0.25) is 19.8 Å². The Bertz CT molecular complexity index is 391. The van der Waals surface area contributed by atoms with E-state index in [1.807, 2.05) is 25.6 Å². The Morgan fingerprint density at radius 1 is 1.32 bits per heavy atom. The lowest BCUT2D eigenvalue weighted by Gasteiger charge is -2.34. The number of rotatable bonds is 3. The average molecular weight is 284 g/mol. The van der Waals surface area contributed by atoms with Crippen LogP contribution in [-0.4, -0.2) is 40.3 Å². The number of nitrogens with zero attached hydrogens (tertiary/aromatic N) is 1. The van der Waals surface area contributed by atoms with Gasteiger partial charge in [-0.25, -0.2) is 4.79 Å². The average Bonchev–Trinajstić information content (AvgIpc) is 2.35. The number of hydrogen-bond acceptors (Lipinski definition) is 4. The van der Waals surface area contributed by atoms with Crippen molar-refractivity contribution in [2.45, 2.75) is 38.4 Å². The summed E-state index contributed by atoms with van der Waals surface area (Å²) >= 11 is 1.81. The van der Waals surface area contributed by atoms with Crippen LogP contribution in [0.3, 0.4) is 0 Å². The summed E-state index contributed by atoms with van der Waals surface area (Å²) in [4.78, 5) is 37.1. The molecule has 0 spiro atoms. The molecular weight excluding hydrogens is 264 g/mol. The van der Waals surface area contributed by atoms with Gasteiger partial charge < -0.3 is 0 Å². The van der Waals surface area contributed by atoms with Gasteiger partial charge in [0.25, 0.3) is 0 Å². The van der Waals surface area contributed by atoms with E-state index in [1.165, 1.54) is 11.3 Å². The Morgan fingerprint density at radius 3 is 2.63 bits per heavy atom. The van der Waals surface area contributed by atoms with Crippen LogP contribution in [0.25, 0.3) is 0 Å². The third-order valence-corrected chi connectivity index (χ3v) is 5.00. The van der Waals surface area contributed by atoms with Gasteiger partial charge in [-0.15, -0.1) is 0 Å². The van der Waals surface area contributed by atoms with Crippen molar-refractivity contribution in [3.8, 4) is 0 Å². The molecule has 6 heteroatoms. The number of nitrogens with one attached hydrogen (secondary N) is 1. The van der Waals surface area contributed by atoms with Crippen LogP contribution in [0.15, 0.2) is 0 Å². The molecular formula is C13H20N2O3S. The summed E-state index contributed by atoms with van der Waals surface area (Å²) in [6, 6.07) is -0.557. The van der Waals surface area contributed by atoms with Crippen LogP contribution in [0.2, 0.25) is 0 Å². The van der Waals surface area contributed by atoms with E-state index in [0.717, 1.165) is 18.6 Å². The van der Waals surface area contributed by atoms with Gasteiger partial charge >= 0.3 is 6.03 Å². The summed E-state index contributed by atoms with van der Waals surface area (Å²) in [7, 11) is 0. The lowest BCUT2D eigenvalue weighted by atomic mass is 9.92. The van der Waals surface area contributed by atoms with Crippen LogP contribution in [0.1, 0.15) is 33.1 Å². The maximum absolute atomic E-state index is 12.3. The topological polar surface area (TPSA) is 66.5 Å². The summed E-state index contributed by atoms with van der Waals surface area (Å²) < 4.78 is 0. The standard InChI is InChI=1S/C13H20N2O3S/c1-8(2)10-11(16)14-13(18)15(12(10)17)7-9-5-3-4-6-19-9/h8-10H,3-7H2,1-2H3,(H,14,16,18). The zero-order valence-corrected chi connectivity index (χ0v) is 12.2. The minimum absolute atomic E-state index is 0.0953. The zero-order chi connectivity index (χ0) is 14.0. The van der Waals surface area contributed by atoms with Gasteiger partial charge in [0.2, 0.25) is 11.8 Å². The van der Waals surface area contributed by atoms with Crippen molar-refractivity contribution in [1.29, 1.82) is 0 Å². The Labute approximate surface area is 117 Å². The van der Waals surface area contributed by atoms with Gasteiger partial charge in [0.05, 0.1) is 0 Å². The fourth-order valence-corrected chi connectivity index (χ4v) is 3.84. The van der Waals surface area contributed by atoms with Crippen molar-refractivity contribution < 1.29 is 14.4 Å². The minimum atomic E-state index is -0.730. The molecule has 4 amide bonds. The van der Waals surface area contributed by atoms with E-state index < -0.39 is 17.9 Å². The molecule has 2 unspecified atom stereocenters. The molecule has 0 saturated carbocycles. The van der Waals surface area contributed by atoms with Crippen LogP contribution in [-0.2, 0) is 9.59 Å². The first-order valence-corrected chi connectivity index (χ1v) is 7.83. The Morgan fingerprint density at radius 2 is 2.05 bits per heavy atom. The van der Waals surface area contributed by atoms with Gasteiger partial charge in [-0.1, -0.05) is 20.3 Å². The van der Waals surface area contributed by atoms with E-state index in [9.17, 15) is 14.4 Å². The number of thioether (sulfide) groups is 1. The Hall–Kier alpha value is -1.04. The summed E-state index contributed by atoms with van der Waals surface area (Å²) in [5.41, 5.74) is 0. The van der Waals surface area contributed by atoms with Crippen LogP contribution in [0.5, 0.6) is 0 Å². The quantitative estimate of drug-likeness (QED) is 0.800. The predicted molar refractivity (Wildman–Crippen MR) is 73.7 cm³/mol. The van der Waals surface area contributed by atoms with Gasteiger partial charge in [0.1, 0.15) is 5.92 Å². The second-order valence-corrected chi connectivity index (χ2v) is 6.86. The minimum Gasteiger partial charge on any atom is -0.277 e. The number of imide groups is 2. The van der Waals surface area contributed by atoms with Crippen LogP contribution >= 0.6 is 11.8 Å². The van der Waals surface area contributed by atoms with E-state index in [0.29, 0.717) is 11.8 Å². The monoisotopic (exact) mass is 284 g/mol. The highest BCUT2D eigenvalue weighted by Crippen LogP contribution is 2.27. The molecule has 2 atom stereocenters. The molecule has 2 heterocycles. The number of hydrogen-bond donors (Lipinski definition) is 1. The zero-order valence-electron chi connectivity index (χ0n) is 11.3. The molecule has 0 bridgehead atoms. The molecule has 2 aliphatic heterocycles. The molecule has 5 nitrogen and oxygen atoms in total. The van der Waals surface area contributed by atoms with Crippen molar-refractivity contribution in [3.05, 3.63) is 0 Å². The summed E-state index contributed by atoms with van der Waals surface area (Å²) in [6.07, 6.45) is 3.38. The fourth-order valence-electron chi connectivity index (χ4n) is 2.55. The molecule has 2 aliphatic rings. The number of amides is 4. The van der Waals surface area contributed by atoms with Gasteiger partial charge in [0.15, 0.2) is 0 Å². The molecule has 2 fully saturated rings. The molecule has 2 rings (SSSR count). The smallest absolute Gasteiger partial charge is 0.277 e. The van der Waals surface area contributed by atoms with Crippen molar-refractivity contribution in [1.82, 2.24) is 10.2 Å². The summed E-state index contributed by atoms with van der Waals surface area (Å²) in [6.45, 7) is 4.07.